The van der Waals surface area contributed by atoms with Crippen molar-refractivity contribution in [2.45, 2.75) is 12.6 Å². The summed E-state index contributed by atoms with van der Waals surface area (Å²) in [5.74, 6) is -0.138. The molecule has 0 aromatic heterocycles. The van der Waals surface area contributed by atoms with Gasteiger partial charge in [-0.15, -0.1) is 0 Å². The van der Waals surface area contributed by atoms with E-state index in [1.165, 1.54) is 0 Å². The summed E-state index contributed by atoms with van der Waals surface area (Å²) in [4.78, 5) is 11.4. The van der Waals surface area contributed by atoms with E-state index in [1.807, 2.05) is 0 Å². The number of ether oxygens (including phenoxy) is 1. The Hall–Kier alpha value is -1.29. The minimum atomic E-state index is -0.727. The average molecular weight is 182 g/mol. The van der Waals surface area contributed by atoms with Gasteiger partial charge in [0.25, 0.3) is 5.91 Å². The second-order valence-corrected chi connectivity index (χ2v) is 2.90. The van der Waals surface area contributed by atoms with Crippen molar-refractivity contribution in [3.8, 4) is 0 Å². The van der Waals surface area contributed by atoms with E-state index in [2.05, 4.69) is 10.6 Å². The molecule has 0 saturated heterocycles. The number of methoxy groups -OCH3 is 1. The number of amides is 1. The summed E-state index contributed by atoms with van der Waals surface area (Å²) < 4.78 is 5.22. The van der Waals surface area contributed by atoms with Gasteiger partial charge in [-0.25, -0.2) is 0 Å². The molecule has 1 amide bonds. The number of hydrogen-bond acceptors (Lipinski definition) is 3. The van der Waals surface area contributed by atoms with E-state index < -0.39 is 5.72 Å². The summed E-state index contributed by atoms with van der Waals surface area (Å²) in [5, 5.41) is 5.54. The van der Waals surface area contributed by atoms with Crippen LogP contribution in [0.25, 0.3) is 0 Å². The Labute approximate surface area is 77.6 Å². The Balaban J connectivity index is 2.95. The molecule has 2 N–H and O–H groups in total. The van der Waals surface area contributed by atoms with Crippen molar-refractivity contribution in [2.75, 3.05) is 14.2 Å². The molecule has 0 aromatic carbocycles. The molecule has 0 bridgehead atoms. The lowest BCUT2D eigenvalue weighted by atomic mass is 10.0. The summed E-state index contributed by atoms with van der Waals surface area (Å²) in [7, 11) is 3.15. The van der Waals surface area contributed by atoms with Gasteiger partial charge >= 0.3 is 0 Å². The van der Waals surface area contributed by atoms with Crippen LogP contribution in [0.15, 0.2) is 23.9 Å². The number of nitrogens with one attached hydrogen (secondary N) is 2. The van der Waals surface area contributed by atoms with Crippen LogP contribution >= 0.6 is 0 Å². The average Bonchev–Trinajstić information content (AvgIpc) is 2.17. The van der Waals surface area contributed by atoms with E-state index in [4.69, 9.17) is 4.74 Å². The Morgan fingerprint density at radius 1 is 1.69 bits per heavy atom. The molecule has 0 spiro atoms. The molecule has 1 heterocycles. The lowest BCUT2D eigenvalue weighted by molar-refractivity contribution is -0.120. The molecule has 1 rings (SSSR count). The van der Waals surface area contributed by atoms with Gasteiger partial charge in [-0.2, -0.15) is 0 Å². The minimum absolute atomic E-state index is 0.138. The van der Waals surface area contributed by atoms with Gasteiger partial charge in [-0.3, -0.25) is 4.79 Å². The van der Waals surface area contributed by atoms with E-state index in [-0.39, 0.29) is 5.91 Å². The van der Waals surface area contributed by atoms with Gasteiger partial charge in [0.2, 0.25) is 0 Å². The van der Waals surface area contributed by atoms with E-state index in [9.17, 15) is 4.79 Å². The summed E-state index contributed by atoms with van der Waals surface area (Å²) >= 11 is 0. The third-order valence-corrected chi connectivity index (χ3v) is 2.11. The van der Waals surface area contributed by atoms with Crippen molar-refractivity contribution in [1.29, 1.82) is 0 Å². The molecule has 0 aliphatic carbocycles. The third-order valence-electron chi connectivity index (χ3n) is 2.11. The number of dihydropyridines is 1. The van der Waals surface area contributed by atoms with Crippen LogP contribution < -0.4 is 10.6 Å². The van der Waals surface area contributed by atoms with Crippen LogP contribution in [0.2, 0.25) is 0 Å². The molecule has 1 aliphatic rings. The smallest absolute Gasteiger partial charge is 0.251 e. The molecule has 1 aliphatic heterocycles. The molecule has 0 fully saturated rings. The van der Waals surface area contributed by atoms with Gasteiger partial charge in [0.05, 0.1) is 5.57 Å². The summed E-state index contributed by atoms with van der Waals surface area (Å²) in [6.07, 6.45) is 5.25. The Bertz CT molecular complexity index is 271. The lowest BCUT2D eigenvalue weighted by Gasteiger charge is -2.32. The molecule has 1 atom stereocenters. The standard InChI is InChI=1S/C9H14N2O2/c1-9(13-3)7(8(12)10-2)5-4-6-11-9/h4-6,11H,1-3H3,(H,10,12). The fraction of sp³-hybridized carbons (Fsp3) is 0.444. The molecule has 4 nitrogen and oxygen atoms in total. The summed E-state index contributed by atoms with van der Waals surface area (Å²) in [5.41, 5.74) is -0.158. The van der Waals surface area contributed by atoms with Gasteiger partial charge in [0.15, 0.2) is 5.72 Å². The van der Waals surface area contributed by atoms with Crippen LogP contribution in [0.4, 0.5) is 0 Å². The highest BCUT2D eigenvalue weighted by Gasteiger charge is 2.32. The normalized spacial score (nSPS) is 26.2. The van der Waals surface area contributed by atoms with Crippen molar-refractivity contribution in [2.24, 2.45) is 0 Å². The number of allylic oxidation sites excluding steroid dienone is 2. The van der Waals surface area contributed by atoms with E-state index in [1.54, 1.807) is 39.4 Å². The first kappa shape index (κ1) is 9.80. The van der Waals surface area contributed by atoms with Gasteiger partial charge in [-0.05, 0) is 25.3 Å². The zero-order chi connectivity index (χ0) is 9.90. The molecule has 4 heteroatoms. The van der Waals surface area contributed by atoms with Crippen molar-refractivity contribution >= 4 is 5.91 Å². The highest BCUT2D eigenvalue weighted by molar-refractivity contribution is 5.95. The largest absolute Gasteiger partial charge is 0.360 e. The number of hydrogen-bond donors (Lipinski definition) is 2. The highest BCUT2D eigenvalue weighted by Crippen LogP contribution is 2.20. The maximum absolute atomic E-state index is 11.4. The van der Waals surface area contributed by atoms with Gasteiger partial charge < -0.3 is 15.4 Å². The van der Waals surface area contributed by atoms with Crippen LogP contribution in [0.5, 0.6) is 0 Å². The van der Waals surface area contributed by atoms with Gasteiger partial charge in [0.1, 0.15) is 0 Å². The van der Waals surface area contributed by atoms with Crippen LogP contribution in [-0.4, -0.2) is 25.8 Å². The first-order valence-electron chi connectivity index (χ1n) is 4.06. The van der Waals surface area contributed by atoms with Gasteiger partial charge in [-0.1, -0.05) is 0 Å². The van der Waals surface area contributed by atoms with Crippen molar-refractivity contribution in [3.63, 3.8) is 0 Å². The van der Waals surface area contributed by atoms with Crippen molar-refractivity contribution in [1.82, 2.24) is 10.6 Å². The number of likely N-dealkylation sites (N-methyl/N-ethyl adjacent to an activating group) is 1. The maximum atomic E-state index is 11.4. The Morgan fingerprint density at radius 2 is 2.38 bits per heavy atom. The van der Waals surface area contributed by atoms with Crippen LogP contribution in [0.1, 0.15) is 6.92 Å². The fourth-order valence-electron chi connectivity index (χ4n) is 1.18. The van der Waals surface area contributed by atoms with Gasteiger partial charge in [0, 0.05) is 14.2 Å². The molecule has 72 valence electrons. The summed E-state index contributed by atoms with van der Waals surface area (Å²) in [6.45, 7) is 1.80. The predicted molar refractivity (Wildman–Crippen MR) is 49.8 cm³/mol. The van der Waals surface area contributed by atoms with Crippen LogP contribution in [-0.2, 0) is 9.53 Å². The quantitative estimate of drug-likeness (QED) is 0.638. The van der Waals surface area contributed by atoms with Crippen LogP contribution in [0.3, 0.4) is 0 Å². The monoisotopic (exact) mass is 182 g/mol. The van der Waals surface area contributed by atoms with E-state index in [0.29, 0.717) is 5.57 Å². The lowest BCUT2D eigenvalue weighted by Crippen LogP contribution is -2.48. The summed E-state index contributed by atoms with van der Waals surface area (Å²) in [6, 6.07) is 0. The van der Waals surface area contributed by atoms with E-state index in [0.717, 1.165) is 0 Å². The maximum Gasteiger partial charge on any atom is 0.251 e. The van der Waals surface area contributed by atoms with Crippen molar-refractivity contribution < 1.29 is 9.53 Å². The molecule has 13 heavy (non-hydrogen) atoms. The zero-order valence-corrected chi connectivity index (χ0v) is 8.05. The molecular formula is C9H14N2O2. The topological polar surface area (TPSA) is 50.4 Å². The Morgan fingerprint density at radius 3 is 2.92 bits per heavy atom. The third kappa shape index (κ3) is 1.72. The molecular weight excluding hydrogens is 168 g/mol. The second kappa shape index (κ2) is 3.62. The van der Waals surface area contributed by atoms with Crippen molar-refractivity contribution in [3.05, 3.63) is 23.9 Å². The SMILES string of the molecule is CNC(=O)C1=CC=CNC1(C)OC. The first-order valence-corrected chi connectivity index (χ1v) is 4.06. The predicted octanol–water partition coefficient (Wildman–Crippen LogP) is 0.138. The fourth-order valence-corrected chi connectivity index (χ4v) is 1.18. The molecule has 0 saturated carbocycles. The second-order valence-electron chi connectivity index (χ2n) is 2.90. The zero-order valence-electron chi connectivity index (χ0n) is 8.05. The molecule has 0 radical (unpaired) electrons. The van der Waals surface area contributed by atoms with Crippen LogP contribution in [0, 0.1) is 0 Å². The number of rotatable bonds is 2. The highest BCUT2D eigenvalue weighted by atomic mass is 16.5. The number of carbonyl (C=O) groups excluding carboxylic acids is 1. The molecule has 0 aromatic rings. The molecule has 1 unspecified atom stereocenters. The first-order chi connectivity index (χ1) is 6.14. The Kier molecular flexibility index (Phi) is 2.72. The minimum Gasteiger partial charge on any atom is -0.360 e. The number of carbonyl (C=O) groups is 1. The van der Waals surface area contributed by atoms with E-state index >= 15 is 0 Å².